The third-order valence-electron chi connectivity index (χ3n) is 3.91. The van der Waals surface area contributed by atoms with E-state index >= 15 is 0 Å². The minimum Gasteiger partial charge on any atom is -0.378 e. The van der Waals surface area contributed by atoms with Gasteiger partial charge in [-0.3, -0.25) is 0 Å². The van der Waals surface area contributed by atoms with E-state index in [0.717, 1.165) is 30.6 Å². The minimum absolute atomic E-state index is 0.198. The van der Waals surface area contributed by atoms with Crippen molar-refractivity contribution in [3.05, 3.63) is 46.6 Å². The van der Waals surface area contributed by atoms with Crippen LogP contribution >= 0.6 is 11.6 Å². The van der Waals surface area contributed by atoms with Crippen LogP contribution < -0.4 is 16.0 Å². The molecule has 1 aliphatic rings. The van der Waals surface area contributed by atoms with Crippen LogP contribution in [0.25, 0.3) is 0 Å². The van der Waals surface area contributed by atoms with Crippen LogP contribution in [0.2, 0.25) is 5.28 Å². The Morgan fingerprint density at radius 2 is 2.30 bits per heavy atom. The smallest absolute Gasteiger partial charge is 0.224 e. The molecule has 1 aromatic heterocycles. The summed E-state index contributed by atoms with van der Waals surface area (Å²) in [5, 5.41) is 10.0. The molecule has 3 N–H and O–H groups in total. The molecule has 1 aliphatic heterocycles. The maximum Gasteiger partial charge on any atom is 0.224 e. The van der Waals surface area contributed by atoms with Crippen molar-refractivity contribution in [1.29, 1.82) is 0 Å². The van der Waals surface area contributed by atoms with Crippen molar-refractivity contribution in [2.45, 2.75) is 25.9 Å². The number of aryl methyl sites for hydroxylation is 1. The van der Waals surface area contributed by atoms with Crippen LogP contribution in [0.15, 0.2) is 24.4 Å². The molecular weight excluding hydrogens is 317 g/mol. The van der Waals surface area contributed by atoms with Gasteiger partial charge in [-0.2, -0.15) is 0 Å². The Morgan fingerprint density at radius 1 is 1.43 bits per heavy atom. The molecule has 1 aromatic carbocycles. The van der Waals surface area contributed by atoms with Crippen molar-refractivity contribution in [3.63, 3.8) is 0 Å². The molecule has 23 heavy (non-hydrogen) atoms. The number of rotatable bonds is 5. The van der Waals surface area contributed by atoms with Crippen LogP contribution in [0.5, 0.6) is 0 Å². The lowest BCUT2D eigenvalue weighted by atomic mass is 10.2. The maximum atomic E-state index is 13.9. The highest BCUT2D eigenvalue weighted by Crippen LogP contribution is 2.22. The first kappa shape index (κ1) is 16.0. The van der Waals surface area contributed by atoms with Crippen molar-refractivity contribution >= 4 is 23.1 Å². The van der Waals surface area contributed by atoms with E-state index in [1.807, 2.05) is 13.0 Å². The summed E-state index contributed by atoms with van der Waals surface area (Å²) in [7, 11) is 0. The summed E-state index contributed by atoms with van der Waals surface area (Å²) in [6.45, 7) is 4.16. The zero-order valence-corrected chi connectivity index (χ0v) is 13.6. The molecule has 2 aromatic rings. The predicted molar refractivity (Wildman–Crippen MR) is 90.4 cm³/mol. The number of nitrogens with one attached hydrogen (secondary N) is 3. The number of benzene rings is 1. The Labute approximate surface area is 139 Å². The van der Waals surface area contributed by atoms with Gasteiger partial charge in [-0.05, 0) is 43.1 Å². The Morgan fingerprint density at radius 3 is 3.04 bits per heavy atom. The van der Waals surface area contributed by atoms with Crippen LogP contribution in [0, 0.1) is 12.7 Å². The second-order valence-corrected chi connectivity index (χ2v) is 5.97. The van der Waals surface area contributed by atoms with Crippen LogP contribution in [0.4, 0.5) is 15.9 Å². The average Bonchev–Trinajstić information content (AvgIpc) is 3.01. The molecule has 2 heterocycles. The summed E-state index contributed by atoms with van der Waals surface area (Å²) >= 11 is 5.91. The zero-order chi connectivity index (χ0) is 16.2. The molecule has 0 radical (unpaired) electrons. The first-order chi connectivity index (χ1) is 11.1. The molecular formula is C16H19ClFN5. The summed E-state index contributed by atoms with van der Waals surface area (Å²) < 4.78 is 13.9. The normalized spacial score (nSPS) is 17.3. The lowest BCUT2D eigenvalue weighted by molar-refractivity contribution is 0.629. The van der Waals surface area contributed by atoms with Gasteiger partial charge >= 0.3 is 0 Å². The number of anilines is 2. The van der Waals surface area contributed by atoms with Crippen molar-refractivity contribution in [3.8, 4) is 0 Å². The quantitative estimate of drug-likeness (QED) is 0.733. The summed E-state index contributed by atoms with van der Waals surface area (Å²) in [6, 6.07) is 5.32. The third kappa shape index (κ3) is 3.89. The van der Waals surface area contributed by atoms with E-state index in [0.29, 0.717) is 24.1 Å². The molecule has 0 aliphatic carbocycles. The second kappa shape index (κ2) is 7.10. The number of hydrogen-bond acceptors (Lipinski definition) is 5. The molecule has 0 spiro atoms. The molecule has 1 atom stereocenters. The highest BCUT2D eigenvalue weighted by molar-refractivity contribution is 6.28. The number of para-hydroxylation sites is 1. The lowest BCUT2D eigenvalue weighted by Gasteiger charge is -2.17. The van der Waals surface area contributed by atoms with E-state index in [2.05, 4.69) is 25.9 Å². The monoisotopic (exact) mass is 335 g/mol. The van der Waals surface area contributed by atoms with Gasteiger partial charge in [-0.25, -0.2) is 14.4 Å². The zero-order valence-electron chi connectivity index (χ0n) is 12.9. The van der Waals surface area contributed by atoms with Crippen LogP contribution in [0.3, 0.4) is 0 Å². The lowest BCUT2D eigenvalue weighted by Crippen LogP contribution is -2.24. The first-order valence-corrected chi connectivity index (χ1v) is 7.99. The fraction of sp³-hybridized carbons (Fsp3) is 0.375. The molecule has 7 heteroatoms. The number of hydrogen-bond donors (Lipinski definition) is 3. The molecule has 0 bridgehead atoms. The van der Waals surface area contributed by atoms with Crippen molar-refractivity contribution in [1.82, 2.24) is 15.3 Å². The average molecular weight is 336 g/mol. The topological polar surface area (TPSA) is 61.9 Å². The molecule has 1 fully saturated rings. The minimum atomic E-state index is -0.269. The number of nitrogens with zero attached hydrogens (tertiary/aromatic N) is 2. The van der Waals surface area contributed by atoms with Gasteiger partial charge in [0.1, 0.15) is 11.6 Å². The SMILES string of the molecule is Cc1cccc(F)c1NCc1cnc(Cl)nc1N[C@H]1CCNC1. The molecule has 122 valence electrons. The predicted octanol–water partition coefficient (Wildman–Crippen LogP) is 2.96. The van der Waals surface area contributed by atoms with E-state index < -0.39 is 0 Å². The fourth-order valence-electron chi connectivity index (χ4n) is 2.65. The second-order valence-electron chi connectivity index (χ2n) is 5.63. The Kier molecular flexibility index (Phi) is 4.93. The molecule has 3 rings (SSSR count). The summed E-state index contributed by atoms with van der Waals surface area (Å²) in [5.41, 5.74) is 2.20. The summed E-state index contributed by atoms with van der Waals surface area (Å²) in [4.78, 5) is 8.31. The van der Waals surface area contributed by atoms with Crippen LogP contribution in [0.1, 0.15) is 17.5 Å². The fourth-order valence-corrected chi connectivity index (χ4v) is 2.78. The third-order valence-corrected chi connectivity index (χ3v) is 4.10. The van der Waals surface area contributed by atoms with Crippen LogP contribution in [-0.4, -0.2) is 29.1 Å². The van der Waals surface area contributed by atoms with Gasteiger partial charge in [0.25, 0.3) is 0 Å². The van der Waals surface area contributed by atoms with E-state index in [1.165, 1.54) is 6.07 Å². The van der Waals surface area contributed by atoms with Crippen LogP contribution in [-0.2, 0) is 6.54 Å². The largest absolute Gasteiger partial charge is 0.378 e. The maximum absolute atomic E-state index is 13.9. The van der Waals surface area contributed by atoms with Crippen molar-refractivity contribution in [2.75, 3.05) is 23.7 Å². The van der Waals surface area contributed by atoms with E-state index in [1.54, 1.807) is 12.3 Å². The van der Waals surface area contributed by atoms with E-state index in [-0.39, 0.29) is 11.1 Å². The van der Waals surface area contributed by atoms with Gasteiger partial charge in [0.05, 0.1) is 5.69 Å². The van der Waals surface area contributed by atoms with Crippen molar-refractivity contribution in [2.24, 2.45) is 0 Å². The number of halogens is 2. The molecule has 5 nitrogen and oxygen atoms in total. The molecule has 0 unspecified atom stereocenters. The summed E-state index contributed by atoms with van der Waals surface area (Å²) in [6.07, 6.45) is 2.70. The Balaban J connectivity index is 1.76. The van der Waals surface area contributed by atoms with Gasteiger partial charge in [-0.1, -0.05) is 12.1 Å². The van der Waals surface area contributed by atoms with E-state index in [4.69, 9.17) is 11.6 Å². The van der Waals surface area contributed by atoms with Gasteiger partial charge < -0.3 is 16.0 Å². The first-order valence-electron chi connectivity index (χ1n) is 7.61. The molecule has 0 amide bonds. The number of aromatic nitrogens is 2. The van der Waals surface area contributed by atoms with Crippen molar-refractivity contribution < 1.29 is 4.39 Å². The summed E-state index contributed by atoms with van der Waals surface area (Å²) in [5.74, 6) is 0.426. The highest BCUT2D eigenvalue weighted by atomic mass is 35.5. The van der Waals surface area contributed by atoms with E-state index in [9.17, 15) is 4.39 Å². The highest BCUT2D eigenvalue weighted by Gasteiger charge is 2.17. The standard InChI is InChI=1S/C16H19ClFN5/c1-10-3-2-4-13(18)14(10)20-7-11-8-21-16(17)23-15(11)22-12-5-6-19-9-12/h2-4,8,12,19-20H,5-7,9H2,1H3,(H,21,22,23)/t12-/m0/s1. The molecule has 0 saturated carbocycles. The Bertz CT molecular complexity index is 668. The van der Waals surface area contributed by atoms with Gasteiger partial charge in [0, 0.05) is 30.9 Å². The molecule has 1 saturated heterocycles. The Hall–Kier alpha value is -1.92. The van der Waals surface area contributed by atoms with Gasteiger partial charge in [0.15, 0.2) is 0 Å². The van der Waals surface area contributed by atoms with Gasteiger partial charge in [-0.15, -0.1) is 0 Å². The van der Waals surface area contributed by atoms with Gasteiger partial charge in [0.2, 0.25) is 5.28 Å².